The molecule has 4 rings (SSSR count). The summed E-state index contributed by atoms with van der Waals surface area (Å²) in [6.07, 6.45) is 1.15. The normalized spacial score (nSPS) is 16.1. The summed E-state index contributed by atoms with van der Waals surface area (Å²) in [5.74, 6) is 0. The maximum atomic E-state index is 13.1. The van der Waals surface area contributed by atoms with Crippen LogP contribution in [0.15, 0.2) is 35.5 Å². The van der Waals surface area contributed by atoms with Gasteiger partial charge in [-0.2, -0.15) is 23.2 Å². The topological polar surface area (TPSA) is 101 Å². The summed E-state index contributed by atoms with van der Waals surface area (Å²) in [6.45, 7) is 1.24. The molecule has 7 nitrogen and oxygen atoms in total. The number of nitrogens with zero attached hydrogens (tertiary/aromatic N) is 4. The fraction of sp³-hybridized carbons (Fsp3) is 0.409. The van der Waals surface area contributed by atoms with Crippen molar-refractivity contribution in [1.29, 1.82) is 5.26 Å². The molecule has 0 amide bonds. The van der Waals surface area contributed by atoms with Crippen LogP contribution in [0.3, 0.4) is 0 Å². The molecule has 1 saturated carbocycles. The minimum atomic E-state index is -4.71. The van der Waals surface area contributed by atoms with Crippen molar-refractivity contribution in [3.8, 4) is 17.5 Å². The molecule has 1 aliphatic carbocycles. The average Bonchev–Trinajstić information content (AvgIpc) is 3.42. The van der Waals surface area contributed by atoms with Gasteiger partial charge in [0.1, 0.15) is 22.7 Å². The molecular formula is C22H21ClF3N5O2S. The fourth-order valence-electron chi connectivity index (χ4n) is 4.36. The van der Waals surface area contributed by atoms with Gasteiger partial charge in [0, 0.05) is 23.8 Å². The lowest BCUT2D eigenvalue weighted by Gasteiger charge is -2.20. The van der Waals surface area contributed by atoms with Gasteiger partial charge in [0.15, 0.2) is 0 Å². The molecule has 1 aliphatic rings. The second-order valence-electron chi connectivity index (χ2n) is 8.17. The summed E-state index contributed by atoms with van der Waals surface area (Å²) in [5, 5.41) is 10.9. The molecule has 3 aromatic rings. The number of alkyl halides is 3. The predicted molar refractivity (Wildman–Crippen MR) is 121 cm³/mol. The molecule has 34 heavy (non-hydrogen) atoms. The third-order valence-corrected chi connectivity index (χ3v) is 7.66. The third-order valence-electron chi connectivity index (χ3n) is 6.00. The highest BCUT2D eigenvalue weighted by Crippen LogP contribution is 2.40. The number of aromatic nitrogens is 3. The highest BCUT2D eigenvalue weighted by molar-refractivity contribution is 7.89. The van der Waals surface area contributed by atoms with E-state index in [1.54, 1.807) is 10.8 Å². The second-order valence-corrected chi connectivity index (χ2v) is 10.3. The molecule has 0 bridgehead atoms. The summed E-state index contributed by atoms with van der Waals surface area (Å²) in [5.41, 5.74) is 1.69. The Labute approximate surface area is 199 Å². The zero-order chi connectivity index (χ0) is 24.7. The van der Waals surface area contributed by atoms with Crippen molar-refractivity contribution >= 4 is 32.7 Å². The Morgan fingerprint density at radius 1 is 1.26 bits per heavy atom. The molecule has 3 aromatic heterocycles. The first kappa shape index (κ1) is 24.4. The minimum Gasteiger partial charge on any atom is -0.320 e. The minimum absolute atomic E-state index is 0.0808. The first-order chi connectivity index (χ1) is 16.1. The van der Waals surface area contributed by atoms with Gasteiger partial charge < -0.3 is 4.57 Å². The van der Waals surface area contributed by atoms with Crippen LogP contribution >= 0.6 is 11.6 Å². The Kier molecular flexibility index (Phi) is 6.59. The van der Waals surface area contributed by atoms with Crippen molar-refractivity contribution in [2.75, 3.05) is 0 Å². The number of fused-ring (bicyclic) bond motifs is 1. The van der Waals surface area contributed by atoms with Crippen LogP contribution in [0.5, 0.6) is 0 Å². The predicted octanol–water partition coefficient (Wildman–Crippen LogP) is 5.36. The first-order valence-electron chi connectivity index (χ1n) is 10.7. The standard InChI is InChI=1S/C22H21ClF3N5O2S/c1-2-19(22(24,25)26)30-34(32,33)15-7-8-18(28-12-15)20-17(10-27)16-9-13(23)11-29-21(16)31(20)14-5-3-4-6-14/h7-9,11-12,14,19,30H,2-6H2,1H3/t19-/m0/s1. The molecule has 0 aliphatic heterocycles. The Hall–Kier alpha value is -2.68. The van der Waals surface area contributed by atoms with Crippen molar-refractivity contribution in [1.82, 2.24) is 19.3 Å². The molecule has 0 saturated heterocycles. The first-order valence-corrected chi connectivity index (χ1v) is 12.6. The van der Waals surface area contributed by atoms with E-state index >= 15 is 0 Å². The van der Waals surface area contributed by atoms with Crippen LogP contribution in [0, 0.1) is 11.3 Å². The van der Waals surface area contributed by atoms with Crippen molar-refractivity contribution < 1.29 is 21.6 Å². The van der Waals surface area contributed by atoms with Gasteiger partial charge in [0.2, 0.25) is 10.0 Å². The number of sulfonamides is 1. The molecule has 1 fully saturated rings. The van der Waals surface area contributed by atoms with Crippen molar-refractivity contribution in [3.05, 3.63) is 41.2 Å². The smallest absolute Gasteiger partial charge is 0.320 e. The van der Waals surface area contributed by atoms with E-state index in [0.29, 0.717) is 33.0 Å². The SMILES string of the molecule is CC[C@H](NS(=O)(=O)c1ccc(-c2c(C#N)c3cc(Cl)cnc3n2C2CCCC2)nc1)C(F)(F)F. The Morgan fingerprint density at radius 3 is 2.53 bits per heavy atom. The maximum Gasteiger partial charge on any atom is 0.404 e. The highest BCUT2D eigenvalue weighted by Gasteiger charge is 2.41. The molecule has 0 radical (unpaired) electrons. The van der Waals surface area contributed by atoms with Crippen LogP contribution in [-0.2, 0) is 10.0 Å². The molecule has 0 aromatic carbocycles. The van der Waals surface area contributed by atoms with Crippen LogP contribution in [0.25, 0.3) is 22.4 Å². The zero-order valence-electron chi connectivity index (χ0n) is 18.1. The van der Waals surface area contributed by atoms with Gasteiger partial charge in [-0.05, 0) is 37.5 Å². The van der Waals surface area contributed by atoms with E-state index in [0.717, 1.165) is 31.9 Å². The van der Waals surface area contributed by atoms with E-state index in [-0.39, 0.29) is 6.04 Å². The molecule has 180 valence electrons. The van der Waals surface area contributed by atoms with Gasteiger partial charge in [0.05, 0.1) is 22.0 Å². The van der Waals surface area contributed by atoms with Crippen molar-refractivity contribution in [3.63, 3.8) is 0 Å². The number of halogens is 4. The Balaban J connectivity index is 1.80. The monoisotopic (exact) mass is 511 g/mol. The molecule has 0 spiro atoms. The van der Waals surface area contributed by atoms with E-state index in [1.807, 2.05) is 4.57 Å². The van der Waals surface area contributed by atoms with Gasteiger partial charge in [-0.15, -0.1) is 0 Å². The summed E-state index contributed by atoms with van der Waals surface area (Å²) in [7, 11) is -4.46. The van der Waals surface area contributed by atoms with Crippen LogP contribution < -0.4 is 4.72 Å². The quantitative estimate of drug-likeness (QED) is 0.480. The molecular weight excluding hydrogens is 491 g/mol. The third kappa shape index (κ3) is 4.50. The van der Waals surface area contributed by atoms with Crippen molar-refractivity contribution in [2.24, 2.45) is 0 Å². The number of nitrogens with one attached hydrogen (secondary N) is 1. The molecule has 12 heteroatoms. The van der Waals surface area contributed by atoms with Crippen LogP contribution in [-0.4, -0.2) is 35.2 Å². The average molecular weight is 512 g/mol. The number of hydrogen-bond acceptors (Lipinski definition) is 5. The van der Waals surface area contributed by atoms with Crippen LogP contribution in [0.4, 0.5) is 13.2 Å². The number of hydrogen-bond donors (Lipinski definition) is 1. The van der Waals surface area contributed by atoms with Gasteiger partial charge in [-0.25, -0.2) is 13.4 Å². The Bertz CT molecular complexity index is 1360. The number of rotatable bonds is 6. The largest absolute Gasteiger partial charge is 0.404 e. The van der Waals surface area contributed by atoms with E-state index in [9.17, 15) is 26.9 Å². The van der Waals surface area contributed by atoms with Crippen LogP contribution in [0.1, 0.15) is 50.6 Å². The van der Waals surface area contributed by atoms with Gasteiger partial charge >= 0.3 is 6.18 Å². The number of pyridine rings is 2. The zero-order valence-corrected chi connectivity index (χ0v) is 19.7. The molecule has 1 N–H and O–H groups in total. The summed E-state index contributed by atoms with van der Waals surface area (Å²) in [4.78, 5) is 8.28. The second kappa shape index (κ2) is 9.17. The van der Waals surface area contributed by atoms with E-state index in [4.69, 9.17) is 11.6 Å². The summed E-state index contributed by atoms with van der Waals surface area (Å²) >= 11 is 6.12. The van der Waals surface area contributed by atoms with E-state index < -0.39 is 33.6 Å². The van der Waals surface area contributed by atoms with Gasteiger partial charge in [0.25, 0.3) is 0 Å². The van der Waals surface area contributed by atoms with Gasteiger partial charge in [-0.1, -0.05) is 31.4 Å². The fourth-order valence-corrected chi connectivity index (χ4v) is 5.77. The lowest BCUT2D eigenvalue weighted by molar-refractivity contribution is -0.151. The van der Waals surface area contributed by atoms with E-state index in [1.165, 1.54) is 25.3 Å². The molecule has 0 unspecified atom stereocenters. The molecule has 3 heterocycles. The lowest BCUT2D eigenvalue weighted by atomic mass is 10.1. The van der Waals surface area contributed by atoms with Crippen LogP contribution in [0.2, 0.25) is 5.02 Å². The Morgan fingerprint density at radius 2 is 1.97 bits per heavy atom. The molecule has 1 atom stereocenters. The lowest BCUT2D eigenvalue weighted by Crippen LogP contribution is -2.44. The highest BCUT2D eigenvalue weighted by atomic mass is 35.5. The summed E-state index contributed by atoms with van der Waals surface area (Å²) in [6, 6.07) is 4.30. The maximum absolute atomic E-state index is 13.1. The van der Waals surface area contributed by atoms with E-state index in [2.05, 4.69) is 16.0 Å². The van der Waals surface area contributed by atoms with Crippen molar-refractivity contribution in [2.45, 2.75) is 62.2 Å². The van der Waals surface area contributed by atoms with Gasteiger partial charge in [-0.3, -0.25) is 4.98 Å². The summed E-state index contributed by atoms with van der Waals surface area (Å²) < 4.78 is 67.9. The number of nitriles is 1.